The van der Waals surface area contributed by atoms with Gasteiger partial charge in [0.15, 0.2) is 0 Å². The number of nitrogens with zero attached hydrogens (tertiary/aromatic N) is 1. The van der Waals surface area contributed by atoms with Gasteiger partial charge in [-0.3, -0.25) is 13.9 Å². The van der Waals surface area contributed by atoms with E-state index in [0.717, 1.165) is 12.1 Å². The Bertz CT molecular complexity index is 1610. The Labute approximate surface area is 232 Å². The van der Waals surface area contributed by atoms with Crippen LogP contribution in [-0.4, -0.2) is 26.8 Å². The standard InChI is InChI=1S/C27H21ClF3N3O5S/c28-23-13-12-18(15-22(23)27(29,30)31)34(40(37,38)20-8-2-1-3-9-20)17-25(35)33-24-11-5-4-10-21(24)26(36)32-16-19-7-6-14-39-19/h1-15H,16-17H2,(H,32,36)(H,33,35). The molecule has 0 spiro atoms. The van der Waals surface area contributed by atoms with Gasteiger partial charge in [-0.1, -0.05) is 41.9 Å². The average molecular weight is 592 g/mol. The molecule has 0 radical (unpaired) electrons. The van der Waals surface area contributed by atoms with Gasteiger partial charge in [0.25, 0.3) is 15.9 Å². The van der Waals surface area contributed by atoms with Gasteiger partial charge in [0, 0.05) is 0 Å². The number of halogens is 4. The lowest BCUT2D eigenvalue weighted by Gasteiger charge is -2.25. The van der Waals surface area contributed by atoms with Crippen molar-refractivity contribution in [3.63, 3.8) is 0 Å². The molecule has 0 aliphatic rings. The number of hydrogen-bond donors (Lipinski definition) is 2. The number of alkyl halides is 3. The third-order valence-corrected chi connectivity index (χ3v) is 7.73. The van der Waals surface area contributed by atoms with Gasteiger partial charge in [-0.05, 0) is 54.6 Å². The lowest BCUT2D eigenvalue weighted by atomic mass is 10.1. The van der Waals surface area contributed by atoms with E-state index < -0.39 is 50.8 Å². The number of anilines is 2. The molecule has 1 heterocycles. The van der Waals surface area contributed by atoms with E-state index in [1.807, 2.05) is 0 Å². The first-order valence-electron chi connectivity index (χ1n) is 11.6. The molecule has 0 saturated heterocycles. The van der Waals surface area contributed by atoms with Gasteiger partial charge in [0.05, 0.1) is 45.2 Å². The molecule has 0 saturated carbocycles. The van der Waals surface area contributed by atoms with Crippen LogP contribution in [0.3, 0.4) is 0 Å². The van der Waals surface area contributed by atoms with Crippen molar-refractivity contribution in [1.29, 1.82) is 0 Å². The van der Waals surface area contributed by atoms with Crippen LogP contribution < -0.4 is 14.9 Å². The van der Waals surface area contributed by atoms with E-state index >= 15 is 0 Å². The largest absolute Gasteiger partial charge is 0.467 e. The normalized spacial score (nSPS) is 11.6. The molecule has 0 aliphatic carbocycles. The summed E-state index contributed by atoms with van der Waals surface area (Å²) in [5.74, 6) is -0.958. The van der Waals surface area contributed by atoms with Crippen molar-refractivity contribution in [3.8, 4) is 0 Å². The Morgan fingerprint density at radius 2 is 1.62 bits per heavy atom. The van der Waals surface area contributed by atoms with Crippen LogP contribution in [0.5, 0.6) is 0 Å². The fraction of sp³-hybridized carbons (Fsp3) is 0.111. The zero-order valence-corrected chi connectivity index (χ0v) is 22.1. The highest BCUT2D eigenvalue weighted by Crippen LogP contribution is 2.38. The van der Waals surface area contributed by atoms with Crippen molar-refractivity contribution in [3.05, 3.63) is 113 Å². The Balaban J connectivity index is 1.64. The van der Waals surface area contributed by atoms with E-state index in [1.54, 1.807) is 30.3 Å². The Kier molecular flexibility index (Phi) is 8.50. The highest BCUT2D eigenvalue weighted by Gasteiger charge is 2.35. The van der Waals surface area contributed by atoms with Crippen LogP contribution in [0.1, 0.15) is 21.7 Å². The Hall–Kier alpha value is -4.29. The predicted octanol–water partition coefficient (Wildman–Crippen LogP) is 5.72. The molecule has 13 heteroatoms. The summed E-state index contributed by atoms with van der Waals surface area (Å²) >= 11 is 5.72. The summed E-state index contributed by atoms with van der Waals surface area (Å²) < 4.78 is 73.4. The van der Waals surface area contributed by atoms with Crippen LogP contribution in [0.2, 0.25) is 5.02 Å². The molecule has 0 fully saturated rings. The number of amides is 2. The second-order valence-corrected chi connectivity index (χ2v) is 10.6. The van der Waals surface area contributed by atoms with Gasteiger partial charge >= 0.3 is 6.18 Å². The van der Waals surface area contributed by atoms with Crippen LogP contribution >= 0.6 is 11.6 Å². The van der Waals surface area contributed by atoms with Crippen molar-refractivity contribution in [2.45, 2.75) is 17.6 Å². The maximum Gasteiger partial charge on any atom is 0.417 e. The van der Waals surface area contributed by atoms with Crippen LogP contribution in [0.25, 0.3) is 0 Å². The molecule has 0 aliphatic heterocycles. The summed E-state index contributed by atoms with van der Waals surface area (Å²) in [5, 5.41) is 4.50. The third kappa shape index (κ3) is 6.64. The summed E-state index contributed by atoms with van der Waals surface area (Å²) in [6, 6.07) is 18.8. The molecule has 2 amide bonds. The lowest BCUT2D eigenvalue weighted by molar-refractivity contribution is -0.137. The summed E-state index contributed by atoms with van der Waals surface area (Å²) in [6.45, 7) is -0.826. The molecule has 0 bridgehead atoms. The average Bonchev–Trinajstić information content (AvgIpc) is 3.45. The topological polar surface area (TPSA) is 109 Å². The Morgan fingerprint density at radius 3 is 2.30 bits per heavy atom. The maximum atomic E-state index is 13.6. The van der Waals surface area contributed by atoms with E-state index in [0.29, 0.717) is 16.1 Å². The minimum Gasteiger partial charge on any atom is -0.467 e. The van der Waals surface area contributed by atoms with Gasteiger partial charge < -0.3 is 15.1 Å². The van der Waals surface area contributed by atoms with Gasteiger partial charge in [-0.15, -0.1) is 0 Å². The fourth-order valence-corrected chi connectivity index (χ4v) is 5.36. The molecule has 2 N–H and O–H groups in total. The number of carbonyl (C=O) groups excluding carboxylic acids is 2. The van der Waals surface area contributed by atoms with Crippen LogP contribution in [-0.2, 0) is 27.5 Å². The number of hydrogen-bond acceptors (Lipinski definition) is 5. The second kappa shape index (κ2) is 11.8. The molecule has 4 aromatic rings. The van der Waals surface area contributed by atoms with Crippen molar-refractivity contribution < 1.29 is 35.6 Å². The van der Waals surface area contributed by atoms with Gasteiger partial charge in [0.1, 0.15) is 12.3 Å². The number of nitrogens with one attached hydrogen (secondary N) is 2. The molecule has 4 rings (SSSR count). The summed E-state index contributed by atoms with van der Waals surface area (Å²) in [7, 11) is -4.50. The minimum atomic E-state index is -4.88. The first kappa shape index (κ1) is 28.7. The molecular weight excluding hydrogens is 571 g/mol. The minimum absolute atomic E-state index is 0.0635. The third-order valence-electron chi connectivity index (χ3n) is 5.61. The quantitative estimate of drug-likeness (QED) is 0.259. The maximum absolute atomic E-state index is 13.6. The SMILES string of the molecule is O=C(CN(c1ccc(Cl)c(C(F)(F)F)c1)S(=O)(=O)c1ccccc1)Nc1ccccc1C(=O)NCc1ccco1. The van der Waals surface area contributed by atoms with Crippen molar-refractivity contribution in [1.82, 2.24) is 5.32 Å². The number of para-hydroxylation sites is 1. The number of furan rings is 1. The van der Waals surface area contributed by atoms with E-state index in [1.165, 1.54) is 42.7 Å². The number of benzene rings is 3. The molecule has 1 aromatic heterocycles. The lowest BCUT2D eigenvalue weighted by Crippen LogP contribution is -2.38. The smallest absolute Gasteiger partial charge is 0.417 e. The highest BCUT2D eigenvalue weighted by atomic mass is 35.5. The molecule has 3 aromatic carbocycles. The van der Waals surface area contributed by atoms with Crippen molar-refractivity contribution in [2.75, 3.05) is 16.2 Å². The number of rotatable bonds is 9. The Morgan fingerprint density at radius 1 is 0.925 bits per heavy atom. The van der Waals surface area contributed by atoms with Gasteiger partial charge in [0.2, 0.25) is 5.91 Å². The van der Waals surface area contributed by atoms with E-state index in [2.05, 4.69) is 10.6 Å². The second-order valence-electron chi connectivity index (χ2n) is 8.34. The van der Waals surface area contributed by atoms with Crippen LogP contribution in [0.4, 0.5) is 24.5 Å². The molecule has 0 atom stereocenters. The van der Waals surface area contributed by atoms with Crippen LogP contribution in [0.15, 0.2) is 101 Å². The van der Waals surface area contributed by atoms with Crippen molar-refractivity contribution in [2.24, 2.45) is 0 Å². The fourth-order valence-electron chi connectivity index (χ4n) is 3.71. The monoisotopic (exact) mass is 591 g/mol. The number of sulfonamides is 1. The highest BCUT2D eigenvalue weighted by molar-refractivity contribution is 7.92. The molecule has 8 nitrogen and oxygen atoms in total. The first-order valence-corrected chi connectivity index (χ1v) is 13.4. The van der Waals surface area contributed by atoms with Gasteiger partial charge in [-0.2, -0.15) is 13.2 Å². The summed E-state index contributed by atoms with van der Waals surface area (Å²) in [5.41, 5.74) is -1.56. The van der Waals surface area contributed by atoms with Crippen molar-refractivity contribution >= 4 is 44.8 Å². The molecule has 208 valence electrons. The van der Waals surface area contributed by atoms with Crippen LogP contribution in [0, 0.1) is 0 Å². The number of carbonyl (C=O) groups is 2. The molecular formula is C27H21ClF3N3O5S. The summed E-state index contributed by atoms with van der Waals surface area (Å²) in [4.78, 5) is 25.6. The van der Waals surface area contributed by atoms with E-state index in [4.69, 9.17) is 16.0 Å². The predicted molar refractivity (Wildman–Crippen MR) is 142 cm³/mol. The summed E-state index contributed by atoms with van der Waals surface area (Å²) in [6.07, 6.45) is -3.43. The van der Waals surface area contributed by atoms with E-state index in [9.17, 15) is 31.2 Å². The molecule has 0 unspecified atom stereocenters. The zero-order chi connectivity index (χ0) is 28.9. The van der Waals surface area contributed by atoms with Gasteiger partial charge in [-0.25, -0.2) is 8.42 Å². The zero-order valence-electron chi connectivity index (χ0n) is 20.5. The van der Waals surface area contributed by atoms with E-state index in [-0.39, 0.29) is 22.7 Å². The molecule has 40 heavy (non-hydrogen) atoms. The first-order chi connectivity index (χ1) is 19.0.